The molecule has 0 spiro atoms. The Bertz CT molecular complexity index is 329. The summed E-state index contributed by atoms with van der Waals surface area (Å²) in [6.07, 6.45) is 1.96. The highest BCUT2D eigenvalue weighted by molar-refractivity contribution is 6.30. The van der Waals surface area contributed by atoms with Crippen molar-refractivity contribution in [3.8, 4) is 0 Å². The molecule has 0 saturated carbocycles. The maximum Gasteiger partial charge on any atom is 0.0642 e. The fourth-order valence-electron chi connectivity index (χ4n) is 1.11. The summed E-state index contributed by atoms with van der Waals surface area (Å²) in [7, 11) is 0. The predicted octanol–water partition coefficient (Wildman–Crippen LogP) is 3.04. The second-order valence-electron chi connectivity index (χ2n) is 3.15. The third-order valence-electron chi connectivity index (χ3n) is 1.88. The van der Waals surface area contributed by atoms with Crippen molar-refractivity contribution in [1.29, 1.82) is 0 Å². The molecule has 0 aliphatic rings. The Kier molecular flexibility index (Phi) is 3.52. The van der Waals surface area contributed by atoms with E-state index in [1.165, 1.54) is 0 Å². The van der Waals surface area contributed by atoms with Gasteiger partial charge in [0.25, 0.3) is 0 Å². The Morgan fingerprint density at radius 1 is 1.54 bits per heavy atom. The molecule has 0 aliphatic carbocycles. The van der Waals surface area contributed by atoms with Crippen LogP contribution in [0.1, 0.15) is 18.1 Å². The lowest BCUT2D eigenvalue weighted by Crippen LogP contribution is -1.86. The van der Waals surface area contributed by atoms with Gasteiger partial charge in [-0.2, -0.15) is 0 Å². The fourth-order valence-corrected chi connectivity index (χ4v) is 1.34. The summed E-state index contributed by atoms with van der Waals surface area (Å²) < 4.78 is 0. The van der Waals surface area contributed by atoms with Gasteiger partial charge in [0.15, 0.2) is 0 Å². The third-order valence-corrected chi connectivity index (χ3v) is 2.12. The number of rotatable bonds is 2. The molecule has 0 fully saturated rings. The van der Waals surface area contributed by atoms with Crippen LogP contribution < -0.4 is 0 Å². The standard InChI is InChI=1S/C11H13ClO/c1-8(7-13)5-10-3-4-11(12)6-9(10)2/h3-6,13H,7H2,1-2H3/b8-5-. The molecule has 0 atom stereocenters. The SMILES string of the molecule is C/C(=C/c1ccc(Cl)cc1C)CO. The monoisotopic (exact) mass is 196 g/mol. The summed E-state index contributed by atoms with van der Waals surface area (Å²) >= 11 is 5.82. The van der Waals surface area contributed by atoms with Crippen LogP contribution in [0.3, 0.4) is 0 Å². The van der Waals surface area contributed by atoms with Crippen LogP contribution in [0.15, 0.2) is 23.8 Å². The van der Waals surface area contributed by atoms with E-state index in [0.717, 1.165) is 21.7 Å². The number of aryl methyl sites for hydroxylation is 1. The Hall–Kier alpha value is -0.790. The molecule has 1 nitrogen and oxygen atoms in total. The molecule has 0 heterocycles. The minimum absolute atomic E-state index is 0.0993. The van der Waals surface area contributed by atoms with Crippen LogP contribution in [0, 0.1) is 6.92 Å². The Morgan fingerprint density at radius 2 is 2.23 bits per heavy atom. The van der Waals surface area contributed by atoms with Gasteiger partial charge in [0.2, 0.25) is 0 Å². The number of benzene rings is 1. The zero-order valence-corrected chi connectivity index (χ0v) is 8.60. The molecule has 0 radical (unpaired) electrons. The molecule has 1 aromatic rings. The number of halogens is 1. The summed E-state index contributed by atoms with van der Waals surface area (Å²) in [5, 5.41) is 9.59. The lowest BCUT2D eigenvalue weighted by molar-refractivity contribution is 0.332. The minimum Gasteiger partial charge on any atom is -0.392 e. The van der Waals surface area contributed by atoms with E-state index in [-0.39, 0.29) is 6.61 Å². The van der Waals surface area contributed by atoms with Crippen LogP contribution in [0.4, 0.5) is 0 Å². The number of hydrogen-bond acceptors (Lipinski definition) is 1. The van der Waals surface area contributed by atoms with E-state index in [2.05, 4.69) is 0 Å². The highest BCUT2D eigenvalue weighted by Gasteiger charge is 1.96. The summed E-state index contributed by atoms with van der Waals surface area (Å²) in [5.41, 5.74) is 3.18. The lowest BCUT2D eigenvalue weighted by Gasteiger charge is -2.02. The molecule has 0 aliphatic heterocycles. The average molecular weight is 197 g/mol. The summed E-state index contributed by atoms with van der Waals surface area (Å²) in [5.74, 6) is 0. The van der Waals surface area contributed by atoms with Crippen LogP contribution in [-0.4, -0.2) is 11.7 Å². The fraction of sp³-hybridized carbons (Fsp3) is 0.273. The van der Waals surface area contributed by atoms with Crippen molar-refractivity contribution >= 4 is 17.7 Å². The van der Waals surface area contributed by atoms with E-state index in [0.29, 0.717) is 0 Å². The Labute approximate surface area is 83.7 Å². The van der Waals surface area contributed by atoms with Gasteiger partial charge in [0, 0.05) is 5.02 Å². The molecule has 13 heavy (non-hydrogen) atoms. The largest absolute Gasteiger partial charge is 0.392 e. The first-order valence-electron chi connectivity index (χ1n) is 4.17. The van der Waals surface area contributed by atoms with E-state index >= 15 is 0 Å². The van der Waals surface area contributed by atoms with Crippen molar-refractivity contribution < 1.29 is 5.11 Å². The highest BCUT2D eigenvalue weighted by atomic mass is 35.5. The first-order chi connectivity index (χ1) is 6.13. The van der Waals surface area contributed by atoms with Crippen molar-refractivity contribution in [2.75, 3.05) is 6.61 Å². The molecule has 0 aromatic heterocycles. The quantitative estimate of drug-likeness (QED) is 0.771. The van der Waals surface area contributed by atoms with Crippen molar-refractivity contribution in [1.82, 2.24) is 0 Å². The van der Waals surface area contributed by atoms with E-state index in [9.17, 15) is 0 Å². The Balaban J connectivity index is 3.03. The topological polar surface area (TPSA) is 20.2 Å². The Morgan fingerprint density at radius 3 is 2.77 bits per heavy atom. The van der Waals surface area contributed by atoms with Gasteiger partial charge >= 0.3 is 0 Å². The molecule has 0 bridgehead atoms. The van der Waals surface area contributed by atoms with E-state index in [1.54, 1.807) is 0 Å². The van der Waals surface area contributed by atoms with Crippen LogP contribution >= 0.6 is 11.6 Å². The van der Waals surface area contributed by atoms with Gasteiger partial charge in [-0.1, -0.05) is 23.7 Å². The summed E-state index contributed by atoms with van der Waals surface area (Å²) in [6.45, 7) is 4.00. The summed E-state index contributed by atoms with van der Waals surface area (Å²) in [4.78, 5) is 0. The van der Waals surface area contributed by atoms with Crippen LogP contribution in [-0.2, 0) is 0 Å². The van der Waals surface area contributed by atoms with E-state index in [4.69, 9.17) is 16.7 Å². The lowest BCUT2D eigenvalue weighted by atomic mass is 10.1. The number of hydrogen-bond donors (Lipinski definition) is 1. The average Bonchev–Trinajstić information content (AvgIpc) is 2.09. The molecule has 1 aromatic carbocycles. The van der Waals surface area contributed by atoms with Gasteiger partial charge < -0.3 is 5.11 Å². The van der Waals surface area contributed by atoms with Crippen LogP contribution in [0.5, 0.6) is 0 Å². The van der Waals surface area contributed by atoms with Gasteiger partial charge in [-0.3, -0.25) is 0 Å². The second kappa shape index (κ2) is 4.45. The van der Waals surface area contributed by atoms with Gasteiger partial charge in [0.1, 0.15) is 0 Å². The van der Waals surface area contributed by atoms with Crippen molar-refractivity contribution in [3.05, 3.63) is 39.9 Å². The summed E-state index contributed by atoms with van der Waals surface area (Å²) in [6, 6.07) is 5.72. The first kappa shape index (κ1) is 10.3. The number of aliphatic hydroxyl groups is 1. The third kappa shape index (κ3) is 2.87. The zero-order chi connectivity index (χ0) is 9.84. The molecule has 70 valence electrons. The maximum atomic E-state index is 8.85. The molecule has 0 saturated heterocycles. The van der Waals surface area contributed by atoms with E-state index < -0.39 is 0 Å². The van der Waals surface area contributed by atoms with Gasteiger partial charge in [-0.15, -0.1) is 0 Å². The van der Waals surface area contributed by atoms with Crippen molar-refractivity contribution in [3.63, 3.8) is 0 Å². The van der Waals surface area contributed by atoms with Crippen molar-refractivity contribution in [2.24, 2.45) is 0 Å². The first-order valence-corrected chi connectivity index (χ1v) is 4.55. The molecule has 1 N–H and O–H groups in total. The predicted molar refractivity (Wildman–Crippen MR) is 56.9 cm³/mol. The maximum absolute atomic E-state index is 8.85. The van der Waals surface area contributed by atoms with Crippen molar-refractivity contribution in [2.45, 2.75) is 13.8 Å². The van der Waals surface area contributed by atoms with Crippen LogP contribution in [0.2, 0.25) is 5.02 Å². The molecule has 2 heteroatoms. The highest BCUT2D eigenvalue weighted by Crippen LogP contribution is 2.17. The van der Waals surface area contributed by atoms with E-state index in [1.807, 2.05) is 38.1 Å². The van der Waals surface area contributed by atoms with Gasteiger partial charge in [0.05, 0.1) is 6.61 Å². The minimum atomic E-state index is 0.0993. The molecular weight excluding hydrogens is 184 g/mol. The second-order valence-corrected chi connectivity index (χ2v) is 3.59. The molecule has 0 amide bonds. The normalized spacial score (nSPS) is 11.8. The zero-order valence-electron chi connectivity index (χ0n) is 7.84. The van der Waals surface area contributed by atoms with Gasteiger partial charge in [-0.05, 0) is 42.7 Å². The van der Waals surface area contributed by atoms with Gasteiger partial charge in [-0.25, -0.2) is 0 Å². The van der Waals surface area contributed by atoms with Crippen LogP contribution in [0.25, 0.3) is 6.08 Å². The number of aliphatic hydroxyl groups excluding tert-OH is 1. The molecule has 1 rings (SSSR count). The smallest absolute Gasteiger partial charge is 0.0642 e. The molecule has 0 unspecified atom stereocenters. The molecular formula is C11H13ClO.